The topological polar surface area (TPSA) is 63.4 Å². The van der Waals surface area contributed by atoms with Crippen molar-refractivity contribution < 1.29 is 9.59 Å². The molecule has 2 rings (SSSR count). The van der Waals surface area contributed by atoms with E-state index in [1.165, 1.54) is 4.90 Å². The monoisotopic (exact) mass is 224 g/mol. The summed E-state index contributed by atoms with van der Waals surface area (Å²) >= 11 is 0. The smallest absolute Gasteiger partial charge is 0.229 e. The summed E-state index contributed by atoms with van der Waals surface area (Å²) in [6, 6.07) is 0.0862. The largest absolute Gasteiger partial charge is 0.330 e. The third-order valence-corrected chi connectivity index (χ3v) is 3.82. The number of carbonyl (C=O) groups excluding carboxylic acids is 2. The van der Waals surface area contributed by atoms with Gasteiger partial charge in [-0.1, -0.05) is 6.42 Å². The van der Waals surface area contributed by atoms with E-state index in [4.69, 9.17) is 5.73 Å². The van der Waals surface area contributed by atoms with Gasteiger partial charge in [0.15, 0.2) is 0 Å². The highest BCUT2D eigenvalue weighted by molar-refractivity contribution is 5.96. The molecule has 1 aliphatic carbocycles. The molecule has 2 aliphatic rings. The van der Waals surface area contributed by atoms with E-state index in [2.05, 4.69) is 0 Å². The Labute approximate surface area is 96.2 Å². The Morgan fingerprint density at radius 3 is 2.25 bits per heavy atom. The van der Waals surface area contributed by atoms with Gasteiger partial charge in [-0.15, -0.1) is 0 Å². The minimum Gasteiger partial charge on any atom is -0.330 e. The van der Waals surface area contributed by atoms with Crippen molar-refractivity contribution in [3.63, 3.8) is 0 Å². The van der Waals surface area contributed by atoms with Gasteiger partial charge in [0.05, 0.1) is 0 Å². The second-order valence-corrected chi connectivity index (χ2v) is 4.86. The molecule has 0 bridgehead atoms. The molecule has 2 N–H and O–H groups in total. The zero-order valence-corrected chi connectivity index (χ0v) is 9.65. The molecule has 2 fully saturated rings. The molecular formula is C12H20N2O2. The second kappa shape index (κ2) is 4.95. The number of carbonyl (C=O) groups is 2. The van der Waals surface area contributed by atoms with Crippen LogP contribution >= 0.6 is 0 Å². The molecule has 0 aromatic rings. The fourth-order valence-corrected chi connectivity index (χ4v) is 2.93. The van der Waals surface area contributed by atoms with Crippen molar-refractivity contribution in [1.82, 2.24) is 4.90 Å². The summed E-state index contributed by atoms with van der Waals surface area (Å²) in [7, 11) is 0. The molecule has 90 valence electrons. The number of hydrogen-bond acceptors (Lipinski definition) is 3. The Morgan fingerprint density at radius 2 is 1.69 bits per heavy atom. The van der Waals surface area contributed by atoms with E-state index in [0.717, 1.165) is 32.1 Å². The highest BCUT2D eigenvalue weighted by atomic mass is 16.2. The first-order valence-corrected chi connectivity index (χ1v) is 6.29. The van der Waals surface area contributed by atoms with Gasteiger partial charge in [-0.3, -0.25) is 14.5 Å². The first kappa shape index (κ1) is 11.6. The van der Waals surface area contributed by atoms with Gasteiger partial charge in [-0.2, -0.15) is 0 Å². The Morgan fingerprint density at radius 1 is 1.06 bits per heavy atom. The van der Waals surface area contributed by atoms with E-state index in [1.807, 2.05) is 0 Å². The molecule has 0 radical (unpaired) electrons. The van der Waals surface area contributed by atoms with Gasteiger partial charge in [-0.25, -0.2) is 0 Å². The summed E-state index contributed by atoms with van der Waals surface area (Å²) in [5, 5.41) is 0. The summed E-state index contributed by atoms with van der Waals surface area (Å²) in [6.45, 7) is 0.585. The second-order valence-electron chi connectivity index (χ2n) is 4.86. The zero-order chi connectivity index (χ0) is 11.5. The third-order valence-electron chi connectivity index (χ3n) is 3.82. The van der Waals surface area contributed by atoms with E-state index in [9.17, 15) is 9.59 Å². The maximum atomic E-state index is 11.9. The van der Waals surface area contributed by atoms with E-state index >= 15 is 0 Å². The maximum Gasteiger partial charge on any atom is 0.229 e. The number of likely N-dealkylation sites (tertiary alicyclic amines) is 1. The predicted molar refractivity (Wildman–Crippen MR) is 60.5 cm³/mol. The molecule has 4 nitrogen and oxygen atoms in total. The molecule has 1 aliphatic heterocycles. The summed E-state index contributed by atoms with van der Waals surface area (Å²) < 4.78 is 0. The van der Waals surface area contributed by atoms with Crippen molar-refractivity contribution in [2.75, 3.05) is 6.54 Å². The van der Waals surface area contributed by atoms with Crippen LogP contribution in [-0.2, 0) is 9.59 Å². The van der Waals surface area contributed by atoms with Crippen LogP contribution in [0.4, 0.5) is 0 Å². The number of nitrogens with two attached hydrogens (primary N) is 1. The lowest BCUT2D eigenvalue weighted by molar-refractivity contribution is -0.147. The third kappa shape index (κ3) is 2.12. The molecule has 1 saturated heterocycles. The van der Waals surface area contributed by atoms with Crippen molar-refractivity contribution >= 4 is 11.8 Å². The number of imide groups is 1. The standard InChI is InChI=1S/C12H20N2O2/c13-8-9-4-3-5-10(9)14-11(15)6-1-2-7-12(14)16/h9-10H,1-8,13H2. The van der Waals surface area contributed by atoms with Gasteiger partial charge < -0.3 is 5.73 Å². The average molecular weight is 224 g/mol. The molecule has 2 unspecified atom stereocenters. The Kier molecular flexibility index (Phi) is 3.59. The zero-order valence-electron chi connectivity index (χ0n) is 9.65. The quantitative estimate of drug-likeness (QED) is 0.713. The Hall–Kier alpha value is -0.900. The lowest BCUT2D eigenvalue weighted by Crippen LogP contribution is -2.46. The first-order valence-electron chi connectivity index (χ1n) is 6.29. The molecule has 1 heterocycles. The van der Waals surface area contributed by atoms with Crippen molar-refractivity contribution in [3.05, 3.63) is 0 Å². The molecule has 0 spiro atoms. The van der Waals surface area contributed by atoms with Crippen LogP contribution in [0.1, 0.15) is 44.9 Å². The van der Waals surface area contributed by atoms with E-state index in [1.54, 1.807) is 0 Å². The fraction of sp³-hybridized carbons (Fsp3) is 0.833. The maximum absolute atomic E-state index is 11.9. The summed E-state index contributed by atoms with van der Waals surface area (Å²) in [6.07, 6.45) is 5.84. The normalized spacial score (nSPS) is 31.9. The molecule has 0 aromatic heterocycles. The minimum atomic E-state index is 0.0212. The molecule has 16 heavy (non-hydrogen) atoms. The van der Waals surface area contributed by atoms with Gasteiger partial charge in [-0.05, 0) is 38.1 Å². The number of amides is 2. The molecule has 2 amide bonds. The Bertz CT molecular complexity index is 273. The fourth-order valence-electron chi connectivity index (χ4n) is 2.93. The van der Waals surface area contributed by atoms with Crippen molar-refractivity contribution in [2.24, 2.45) is 11.7 Å². The first-order chi connectivity index (χ1) is 7.74. The van der Waals surface area contributed by atoms with Crippen LogP contribution in [0.25, 0.3) is 0 Å². The van der Waals surface area contributed by atoms with Gasteiger partial charge in [0.1, 0.15) is 0 Å². The van der Waals surface area contributed by atoms with Crippen LogP contribution in [0.15, 0.2) is 0 Å². The van der Waals surface area contributed by atoms with Crippen molar-refractivity contribution in [1.29, 1.82) is 0 Å². The SMILES string of the molecule is NCC1CCCC1N1C(=O)CCCCC1=O. The number of rotatable bonds is 2. The number of hydrogen-bond donors (Lipinski definition) is 1. The van der Waals surface area contributed by atoms with Crippen LogP contribution in [-0.4, -0.2) is 29.3 Å². The van der Waals surface area contributed by atoms with Crippen LogP contribution in [0, 0.1) is 5.92 Å². The predicted octanol–water partition coefficient (Wildman–Crippen LogP) is 1.04. The number of nitrogens with zero attached hydrogens (tertiary/aromatic N) is 1. The average Bonchev–Trinajstić information content (AvgIpc) is 2.66. The van der Waals surface area contributed by atoms with E-state index in [0.29, 0.717) is 25.3 Å². The van der Waals surface area contributed by atoms with E-state index in [-0.39, 0.29) is 17.9 Å². The van der Waals surface area contributed by atoms with Crippen molar-refractivity contribution in [2.45, 2.75) is 51.0 Å². The molecule has 4 heteroatoms. The highest BCUT2D eigenvalue weighted by Crippen LogP contribution is 2.31. The molecule has 1 saturated carbocycles. The highest BCUT2D eigenvalue weighted by Gasteiger charge is 2.37. The van der Waals surface area contributed by atoms with Gasteiger partial charge in [0, 0.05) is 18.9 Å². The minimum absolute atomic E-state index is 0.0212. The lowest BCUT2D eigenvalue weighted by atomic mass is 10.0. The van der Waals surface area contributed by atoms with Gasteiger partial charge in [0.25, 0.3) is 0 Å². The molecule has 0 aromatic carbocycles. The Balaban J connectivity index is 2.15. The van der Waals surface area contributed by atoms with Crippen molar-refractivity contribution in [3.8, 4) is 0 Å². The summed E-state index contributed by atoms with van der Waals surface area (Å²) in [5.74, 6) is 0.367. The van der Waals surface area contributed by atoms with Crippen LogP contribution in [0.3, 0.4) is 0 Å². The summed E-state index contributed by atoms with van der Waals surface area (Å²) in [5.41, 5.74) is 5.71. The van der Waals surface area contributed by atoms with Crippen LogP contribution in [0.2, 0.25) is 0 Å². The lowest BCUT2D eigenvalue weighted by Gasteiger charge is -2.30. The van der Waals surface area contributed by atoms with E-state index < -0.39 is 0 Å². The van der Waals surface area contributed by atoms with Gasteiger partial charge in [0.2, 0.25) is 11.8 Å². The summed E-state index contributed by atoms with van der Waals surface area (Å²) in [4.78, 5) is 25.4. The molecular weight excluding hydrogens is 204 g/mol. The van der Waals surface area contributed by atoms with Crippen LogP contribution < -0.4 is 5.73 Å². The molecule has 2 atom stereocenters. The van der Waals surface area contributed by atoms with Gasteiger partial charge >= 0.3 is 0 Å². The van der Waals surface area contributed by atoms with Crippen LogP contribution in [0.5, 0.6) is 0 Å².